The van der Waals surface area contributed by atoms with Crippen molar-refractivity contribution in [3.05, 3.63) is 0 Å². The summed E-state index contributed by atoms with van der Waals surface area (Å²) in [7, 11) is 0. The van der Waals surface area contributed by atoms with Crippen molar-refractivity contribution in [1.82, 2.24) is 4.90 Å². The Bertz CT molecular complexity index is 286. The molecule has 0 bridgehead atoms. The Balaban J connectivity index is 2.89. The molecule has 2 atom stereocenters. The van der Waals surface area contributed by atoms with Crippen LogP contribution in [0.25, 0.3) is 0 Å². The number of hydrogen-bond acceptors (Lipinski definition) is 3. The average molecular weight is 214 g/mol. The van der Waals surface area contributed by atoms with Gasteiger partial charge >= 0.3 is 0 Å². The minimum absolute atomic E-state index is 0.0413. The highest BCUT2D eigenvalue weighted by molar-refractivity contribution is 5.92. The van der Waals surface area contributed by atoms with Gasteiger partial charge in [-0.3, -0.25) is 9.59 Å². The molecule has 0 radical (unpaired) electrons. The van der Waals surface area contributed by atoms with Gasteiger partial charge in [0.15, 0.2) is 0 Å². The van der Waals surface area contributed by atoms with Crippen LogP contribution in [0.2, 0.25) is 0 Å². The molecule has 0 aliphatic carbocycles. The molecule has 0 aromatic carbocycles. The molecule has 1 rings (SSSR count). The molecule has 0 aromatic rings. The zero-order valence-corrected chi connectivity index (χ0v) is 9.36. The molecular formula is C10H18N2O3. The zero-order chi connectivity index (χ0) is 11.8. The van der Waals surface area contributed by atoms with Gasteiger partial charge in [-0.1, -0.05) is 13.8 Å². The van der Waals surface area contributed by atoms with E-state index in [0.717, 1.165) is 0 Å². The van der Waals surface area contributed by atoms with Crippen LogP contribution in [-0.2, 0) is 9.59 Å². The number of nitrogens with zero attached hydrogens (tertiary/aromatic N) is 1. The van der Waals surface area contributed by atoms with Gasteiger partial charge in [-0.05, 0) is 12.8 Å². The van der Waals surface area contributed by atoms with Gasteiger partial charge < -0.3 is 15.7 Å². The minimum Gasteiger partial charge on any atom is -0.380 e. The lowest BCUT2D eigenvalue weighted by atomic mass is 10.0. The van der Waals surface area contributed by atoms with Gasteiger partial charge in [0, 0.05) is 13.0 Å². The fourth-order valence-corrected chi connectivity index (χ4v) is 1.96. The van der Waals surface area contributed by atoms with E-state index in [1.54, 1.807) is 0 Å². The topological polar surface area (TPSA) is 83.6 Å². The first-order valence-electron chi connectivity index (χ1n) is 5.10. The Morgan fingerprint density at radius 1 is 1.60 bits per heavy atom. The predicted octanol–water partition coefficient (Wildman–Crippen LogP) is -0.520. The number of primary amides is 1. The summed E-state index contributed by atoms with van der Waals surface area (Å²) in [4.78, 5) is 24.4. The van der Waals surface area contributed by atoms with Crippen molar-refractivity contribution < 1.29 is 14.7 Å². The largest absolute Gasteiger partial charge is 0.380 e. The van der Waals surface area contributed by atoms with Crippen molar-refractivity contribution in [2.45, 2.75) is 38.8 Å². The fourth-order valence-electron chi connectivity index (χ4n) is 1.96. The summed E-state index contributed by atoms with van der Waals surface area (Å²) in [5.41, 5.74) is 3.91. The first-order chi connectivity index (χ1) is 6.77. The number of nitrogens with two attached hydrogens (primary N) is 1. The Kier molecular flexibility index (Phi) is 3.04. The van der Waals surface area contributed by atoms with Crippen molar-refractivity contribution in [3.63, 3.8) is 0 Å². The van der Waals surface area contributed by atoms with E-state index in [1.165, 1.54) is 11.8 Å². The highest BCUT2D eigenvalue weighted by Crippen LogP contribution is 2.26. The van der Waals surface area contributed by atoms with Crippen LogP contribution in [0.15, 0.2) is 0 Å². The molecule has 2 unspecified atom stereocenters. The molecule has 3 N–H and O–H groups in total. The maximum atomic E-state index is 11.7. The van der Waals surface area contributed by atoms with Gasteiger partial charge in [0.05, 0.1) is 0 Å². The SMILES string of the molecule is CC(C)C(C(N)=O)N1CCC(C)(O)C1=O. The van der Waals surface area contributed by atoms with Crippen LogP contribution >= 0.6 is 0 Å². The number of carbonyl (C=O) groups excluding carboxylic acids is 2. The standard InChI is InChI=1S/C10H18N2O3/c1-6(2)7(8(11)13)12-5-4-10(3,15)9(12)14/h6-7,15H,4-5H2,1-3H3,(H2,11,13). The summed E-state index contributed by atoms with van der Waals surface area (Å²) >= 11 is 0. The molecule has 0 aromatic heterocycles. The number of aliphatic hydroxyl groups is 1. The highest BCUT2D eigenvalue weighted by atomic mass is 16.3. The molecule has 5 nitrogen and oxygen atoms in total. The summed E-state index contributed by atoms with van der Waals surface area (Å²) in [6.07, 6.45) is 0.350. The number of carbonyl (C=O) groups is 2. The van der Waals surface area contributed by atoms with E-state index >= 15 is 0 Å². The second kappa shape index (κ2) is 3.81. The van der Waals surface area contributed by atoms with Gasteiger partial charge in [-0.25, -0.2) is 0 Å². The molecule has 1 aliphatic heterocycles. The lowest BCUT2D eigenvalue weighted by molar-refractivity contribution is -0.147. The molecule has 5 heteroatoms. The predicted molar refractivity (Wildman–Crippen MR) is 54.8 cm³/mol. The van der Waals surface area contributed by atoms with E-state index in [1.807, 2.05) is 13.8 Å². The Morgan fingerprint density at radius 2 is 2.13 bits per heavy atom. The van der Waals surface area contributed by atoms with E-state index in [-0.39, 0.29) is 5.92 Å². The molecule has 1 aliphatic rings. The van der Waals surface area contributed by atoms with Crippen LogP contribution in [0.1, 0.15) is 27.2 Å². The summed E-state index contributed by atoms with van der Waals surface area (Å²) in [5, 5.41) is 9.70. The highest BCUT2D eigenvalue weighted by Gasteiger charge is 2.45. The smallest absolute Gasteiger partial charge is 0.255 e. The third kappa shape index (κ3) is 2.12. The van der Waals surface area contributed by atoms with E-state index in [4.69, 9.17) is 5.73 Å². The van der Waals surface area contributed by atoms with Gasteiger partial charge in [-0.2, -0.15) is 0 Å². The second-order valence-corrected chi connectivity index (χ2v) is 4.61. The minimum atomic E-state index is -1.34. The normalized spacial score (nSPS) is 28.6. The number of rotatable bonds is 3. The Labute approximate surface area is 89.2 Å². The number of hydrogen-bond donors (Lipinski definition) is 2. The molecule has 1 heterocycles. The van der Waals surface area contributed by atoms with Crippen LogP contribution < -0.4 is 5.73 Å². The summed E-state index contributed by atoms with van der Waals surface area (Å²) < 4.78 is 0. The molecule has 2 amide bonds. The lowest BCUT2D eigenvalue weighted by Gasteiger charge is -2.29. The molecule has 0 saturated carbocycles. The first-order valence-corrected chi connectivity index (χ1v) is 5.10. The van der Waals surface area contributed by atoms with E-state index in [2.05, 4.69) is 0 Å². The molecule has 86 valence electrons. The van der Waals surface area contributed by atoms with Crippen LogP contribution in [-0.4, -0.2) is 40.0 Å². The van der Waals surface area contributed by atoms with Crippen LogP contribution in [0.4, 0.5) is 0 Å². The zero-order valence-electron chi connectivity index (χ0n) is 9.36. The maximum Gasteiger partial charge on any atom is 0.255 e. The second-order valence-electron chi connectivity index (χ2n) is 4.61. The van der Waals surface area contributed by atoms with Gasteiger partial charge in [0.2, 0.25) is 5.91 Å². The monoisotopic (exact) mass is 214 g/mol. The van der Waals surface area contributed by atoms with Crippen molar-refractivity contribution >= 4 is 11.8 Å². The van der Waals surface area contributed by atoms with Gasteiger partial charge in [0.1, 0.15) is 11.6 Å². The number of likely N-dealkylation sites (tertiary alicyclic amines) is 1. The van der Waals surface area contributed by atoms with E-state index < -0.39 is 23.5 Å². The summed E-state index contributed by atoms with van der Waals surface area (Å²) in [6, 6.07) is -0.619. The third-order valence-corrected chi connectivity index (χ3v) is 2.82. The van der Waals surface area contributed by atoms with Crippen LogP contribution in [0, 0.1) is 5.92 Å². The van der Waals surface area contributed by atoms with E-state index in [9.17, 15) is 14.7 Å². The van der Waals surface area contributed by atoms with E-state index in [0.29, 0.717) is 13.0 Å². The van der Waals surface area contributed by atoms with Gasteiger partial charge in [0.25, 0.3) is 5.91 Å². The van der Waals surface area contributed by atoms with Crippen molar-refractivity contribution in [1.29, 1.82) is 0 Å². The Morgan fingerprint density at radius 3 is 2.40 bits per heavy atom. The van der Waals surface area contributed by atoms with Gasteiger partial charge in [-0.15, -0.1) is 0 Å². The fraction of sp³-hybridized carbons (Fsp3) is 0.800. The van der Waals surface area contributed by atoms with Crippen molar-refractivity contribution in [3.8, 4) is 0 Å². The van der Waals surface area contributed by atoms with Crippen molar-refractivity contribution in [2.75, 3.05) is 6.54 Å². The number of amides is 2. The first kappa shape index (κ1) is 12.0. The molecule has 0 spiro atoms. The summed E-state index contributed by atoms with van der Waals surface area (Å²) in [5.74, 6) is -0.962. The van der Waals surface area contributed by atoms with Crippen LogP contribution in [0.5, 0.6) is 0 Å². The average Bonchev–Trinajstić information content (AvgIpc) is 2.31. The molecule has 15 heavy (non-hydrogen) atoms. The quantitative estimate of drug-likeness (QED) is 0.663. The lowest BCUT2D eigenvalue weighted by Crippen LogP contribution is -2.51. The Hall–Kier alpha value is -1.10. The third-order valence-electron chi connectivity index (χ3n) is 2.82. The molecular weight excluding hydrogens is 196 g/mol. The molecule has 1 saturated heterocycles. The van der Waals surface area contributed by atoms with Crippen molar-refractivity contribution in [2.24, 2.45) is 11.7 Å². The molecule has 1 fully saturated rings. The summed E-state index contributed by atoms with van der Waals surface area (Å²) in [6.45, 7) is 5.51. The maximum absolute atomic E-state index is 11.7. The van der Waals surface area contributed by atoms with Crippen LogP contribution in [0.3, 0.4) is 0 Å².